The van der Waals surface area contributed by atoms with Crippen molar-refractivity contribution in [3.63, 3.8) is 0 Å². The van der Waals surface area contributed by atoms with Crippen LogP contribution in [0.4, 0.5) is 9.57 Å². The molecule has 0 spiro atoms. The molecule has 0 bridgehead atoms. The van der Waals surface area contributed by atoms with Crippen LogP contribution >= 0.6 is 0 Å². The van der Waals surface area contributed by atoms with Gasteiger partial charge in [0.1, 0.15) is 0 Å². The number of para-hydroxylation sites is 1. The van der Waals surface area contributed by atoms with E-state index < -0.39 is 33.1 Å². The molecule has 0 radical (unpaired) electrons. The molecule has 1 aromatic carbocycles. The molecule has 1 heterocycles. The summed E-state index contributed by atoms with van der Waals surface area (Å²) in [6.07, 6.45) is -2.71. The fourth-order valence-electron chi connectivity index (χ4n) is 1.73. The first-order valence-electron chi connectivity index (χ1n) is 4.99. The molecule has 0 saturated carbocycles. The van der Waals surface area contributed by atoms with E-state index in [1.54, 1.807) is 6.07 Å². The fraction of sp³-hybridized carbons (Fsp3) is 0.200. The molecule has 0 aliphatic carbocycles. The van der Waals surface area contributed by atoms with E-state index in [4.69, 9.17) is 0 Å². The smallest absolute Gasteiger partial charge is 0.345 e. The van der Waals surface area contributed by atoms with Crippen LogP contribution in [-0.2, 0) is 19.8 Å². The second-order valence-electron chi connectivity index (χ2n) is 3.85. The third-order valence-electron chi connectivity index (χ3n) is 2.72. The third kappa shape index (κ3) is 1.74. The number of hydrogen-bond acceptors (Lipinski definition) is 6. The average molecular weight is 289 g/mol. The summed E-state index contributed by atoms with van der Waals surface area (Å²) in [5.41, 5.74) is -0.0869. The first kappa shape index (κ1) is 13.6. The lowest BCUT2D eigenvalue weighted by Crippen LogP contribution is -2.51. The lowest BCUT2D eigenvalue weighted by Gasteiger charge is -2.17. The number of hydrogen-bond donors (Lipinski definition) is 2. The minimum Gasteiger partial charge on any atom is -0.379 e. The number of aliphatic hydroxyl groups excluding tert-OH is 1. The van der Waals surface area contributed by atoms with E-state index >= 15 is 0 Å². The molecule has 0 aromatic heterocycles. The van der Waals surface area contributed by atoms with Crippen LogP contribution < -0.4 is 4.90 Å². The molecule has 2 rings (SSSR count). The summed E-state index contributed by atoms with van der Waals surface area (Å²) in [5.74, 6) is -3.17. The van der Waals surface area contributed by atoms with Gasteiger partial charge in [0, 0.05) is 0 Å². The molecule has 2 amide bonds. The average Bonchev–Trinajstić information content (AvgIpc) is 2.52. The molecule has 1 aromatic rings. The molecular weight excluding hydrogens is 281 g/mol. The number of nitrogens with zero attached hydrogens (tertiary/aromatic N) is 1. The van der Waals surface area contributed by atoms with Crippen molar-refractivity contribution in [3.8, 4) is 0 Å². The van der Waals surface area contributed by atoms with Crippen LogP contribution in [0.15, 0.2) is 30.3 Å². The van der Waals surface area contributed by atoms with Crippen LogP contribution in [0.25, 0.3) is 0 Å². The van der Waals surface area contributed by atoms with Gasteiger partial charge >= 0.3 is 15.2 Å². The van der Waals surface area contributed by atoms with Crippen LogP contribution in [0.1, 0.15) is 0 Å². The van der Waals surface area contributed by atoms with Gasteiger partial charge in [0.05, 0.1) is 5.69 Å². The number of carbonyl (C=O) groups is 2. The zero-order chi connectivity index (χ0) is 14.4. The molecule has 1 aliphatic heterocycles. The predicted molar refractivity (Wildman–Crippen MR) is 59.9 cm³/mol. The first-order valence-corrected chi connectivity index (χ1v) is 6.37. The van der Waals surface area contributed by atoms with Gasteiger partial charge in [-0.3, -0.25) is 9.59 Å². The minimum absolute atomic E-state index is 0.0869. The van der Waals surface area contributed by atoms with Gasteiger partial charge < -0.3 is 10.2 Å². The maximum Gasteiger partial charge on any atom is 0.345 e. The SMILES string of the molecule is O=C1C(O)C(O)(S(=O)(=O)F)C(=O)N1c1ccccc1. The topological polar surface area (TPSA) is 112 Å². The fourth-order valence-corrected chi connectivity index (χ4v) is 2.39. The van der Waals surface area contributed by atoms with Crippen molar-refractivity contribution in [3.05, 3.63) is 30.3 Å². The Morgan fingerprint density at radius 1 is 1.21 bits per heavy atom. The summed E-state index contributed by atoms with van der Waals surface area (Å²) in [6.45, 7) is 0. The van der Waals surface area contributed by atoms with Gasteiger partial charge in [-0.05, 0) is 12.1 Å². The summed E-state index contributed by atoms with van der Waals surface area (Å²) >= 11 is 0. The van der Waals surface area contributed by atoms with Crippen LogP contribution in [-0.4, -0.2) is 41.5 Å². The molecule has 102 valence electrons. The molecule has 1 saturated heterocycles. The van der Waals surface area contributed by atoms with E-state index in [1.165, 1.54) is 24.3 Å². The van der Waals surface area contributed by atoms with E-state index in [1.807, 2.05) is 0 Å². The highest BCUT2D eigenvalue weighted by atomic mass is 32.3. The maximum atomic E-state index is 13.0. The molecule has 1 aliphatic rings. The number of rotatable bonds is 2. The summed E-state index contributed by atoms with van der Waals surface area (Å²) in [6, 6.07) is 6.95. The molecule has 7 nitrogen and oxygen atoms in total. The molecule has 1 fully saturated rings. The van der Waals surface area contributed by atoms with E-state index in [-0.39, 0.29) is 10.6 Å². The Labute approximate surface area is 107 Å². The Morgan fingerprint density at radius 2 is 1.74 bits per heavy atom. The Morgan fingerprint density at radius 3 is 2.16 bits per heavy atom. The van der Waals surface area contributed by atoms with E-state index in [9.17, 15) is 32.1 Å². The number of carbonyl (C=O) groups excluding carboxylic acids is 2. The molecule has 9 heteroatoms. The maximum absolute atomic E-state index is 13.0. The standard InChI is InChI=1S/C10H8FNO6S/c11-19(17,18)10(16)7(13)8(14)12(9(10)15)6-4-2-1-3-5-6/h1-5,7,13,16H. The zero-order valence-electron chi connectivity index (χ0n) is 9.22. The normalized spacial score (nSPS) is 27.9. The summed E-state index contributed by atoms with van der Waals surface area (Å²) in [7, 11) is -5.88. The number of aliphatic hydroxyl groups is 2. The summed E-state index contributed by atoms with van der Waals surface area (Å²) < 4.78 is 34.6. The second kappa shape index (κ2) is 4.08. The van der Waals surface area contributed by atoms with Gasteiger partial charge in [0.15, 0.2) is 6.10 Å². The van der Waals surface area contributed by atoms with Crippen molar-refractivity contribution in [1.29, 1.82) is 0 Å². The van der Waals surface area contributed by atoms with Gasteiger partial charge in [0.25, 0.3) is 11.8 Å². The molecule has 2 unspecified atom stereocenters. The second-order valence-corrected chi connectivity index (χ2v) is 5.35. The lowest BCUT2D eigenvalue weighted by molar-refractivity contribution is -0.133. The van der Waals surface area contributed by atoms with Crippen LogP contribution in [0, 0.1) is 0 Å². The zero-order valence-corrected chi connectivity index (χ0v) is 10.0. The van der Waals surface area contributed by atoms with Crippen molar-refractivity contribution >= 4 is 27.7 Å². The van der Waals surface area contributed by atoms with Crippen molar-refractivity contribution < 1.29 is 32.1 Å². The number of halogens is 1. The number of amides is 2. The molecular formula is C10H8FNO6S. The van der Waals surface area contributed by atoms with E-state index in [0.29, 0.717) is 0 Å². The Kier molecular flexibility index (Phi) is 2.92. The van der Waals surface area contributed by atoms with E-state index in [0.717, 1.165) is 0 Å². The Hall–Kier alpha value is -1.84. The summed E-state index contributed by atoms with van der Waals surface area (Å²) in [4.78, 5) is 19.8. The van der Waals surface area contributed by atoms with Crippen LogP contribution in [0.5, 0.6) is 0 Å². The van der Waals surface area contributed by atoms with Gasteiger partial charge in [0.2, 0.25) is 0 Å². The van der Waals surface area contributed by atoms with Gasteiger partial charge in [-0.1, -0.05) is 18.2 Å². The third-order valence-corrected chi connectivity index (χ3v) is 3.86. The van der Waals surface area contributed by atoms with E-state index in [2.05, 4.69) is 0 Å². The van der Waals surface area contributed by atoms with Crippen LogP contribution in [0.3, 0.4) is 0 Å². The first-order chi connectivity index (χ1) is 8.71. The van der Waals surface area contributed by atoms with Gasteiger partial charge in [-0.2, -0.15) is 8.42 Å². The summed E-state index contributed by atoms with van der Waals surface area (Å²) in [5, 5.41) is 18.9. The molecule has 2 atom stereocenters. The Balaban J connectivity index is 2.59. The van der Waals surface area contributed by atoms with Crippen molar-refractivity contribution in [1.82, 2.24) is 0 Å². The largest absolute Gasteiger partial charge is 0.379 e. The monoisotopic (exact) mass is 289 g/mol. The minimum atomic E-state index is -5.88. The quantitative estimate of drug-likeness (QED) is 0.528. The Bertz CT molecular complexity index is 645. The highest BCUT2D eigenvalue weighted by Crippen LogP contribution is 2.34. The predicted octanol–water partition coefficient (Wildman–Crippen LogP) is -1.09. The van der Waals surface area contributed by atoms with Crippen molar-refractivity contribution in [2.75, 3.05) is 4.90 Å². The van der Waals surface area contributed by atoms with Gasteiger partial charge in [-0.25, -0.2) is 4.90 Å². The highest BCUT2D eigenvalue weighted by molar-refractivity contribution is 7.88. The highest BCUT2D eigenvalue weighted by Gasteiger charge is 2.67. The molecule has 2 N–H and O–H groups in total. The van der Waals surface area contributed by atoms with Crippen molar-refractivity contribution in [2.45, 2.75) is 11.0 Å². The number of anilines is 1. The van der Waals surface area contributed by atoms with Crippen LogP contribution in [0.2, 0.25) is 0 Å². The molecule has 19 heavy (non-hydrogen) atoms. The van der Waals surface area contributed by atoms with Crippen molar-refractivity contribution in [2.24, 2.45) is 0 Å². The number of benzene rings is 1. The number of imide groups is 1. The van der Waals surface area contributed by atoms with Gasteiger partial charge in [-0.15, -0.1) is 3.89 Å². The lowest BCUT2D eigenvalue weighted by atomic mass is 10.2.